The quantitative estimate of drug-likeness (QED) is 0.634. The van der Waals surface area contributed by atoms with Crippen LogP contribution in [0.15, 0.2) is 12.1 Å². The van der Waals surface area contributed by atoms with Gasteiger partial charge in [-0.2, -0.15) is 0 Å². The van der Waals surface area contributed by atoms with Crippen molar-refractivity contribution in [3.05, 3.63) is 32.8 Å². The molecule has 6 nitrogen and oxygen atoms in total. The van der Waals surface area contributed by atoms with Gasteiger partial charge in [0.15, 0.2) is 0 Å². The van der Waals surface area contributed by atoms with Gasteiger partial charge in [0, 0.05) is 0 Å². The fourth-order valence-corrected chi connectivity index (χ4v) is 1.32. The molecule has 0 aliphatic rings. The molecule has 1 aromatic rings. The molecule has 0 saturated carbocycles. The first kappa shape index (κ1) is 11.3. The molecule has 0 bridgehead atoms. The third-order valence-corrected chi connectivity index (χ3v) is 2.00. The van der Waals surface area contributed by atoms with Crippen LogP contribution in [0.3, 0.4) is 0 Å². The highest BCUT2D eigenvalue weighted by atomic mass is 35.5. The van der Waals surface area contributed by atoms with Gasteiger partial charge in [-0.25, -0.2) is 4.79 Å². The molecule has 80 valence electrons. The molecule has 1 N–H and O–H groups in total. The Labute approximate surface area is 89.2 Å². The molecule has 0 radical (unpaired) electrons. The minimum Gasteiger partial charge on any atom is -0.489 e. The van der Waals surface area contributed by atoms with Crippen LogP contribution in [0.25, 0.3) is 0 Å². The zero-order chi connectivity index (χ0) is 11.6. The van der Waals surface area contributed by atoms with Crippen LogP contribution in [0.5, 0.6) is 5.75 Å². The van der Waals surface area contributed by atoms with Crippen LogP contribution in [0.4, 0.5) is 5.69 Å². The maximum Gasteiger partial charge on any atom is 0.342 e. The largest absolute Gasteiger partial charge is 0.489 e. The zero-order valence-electron chi connectivity index (χ0n) is 7.56. The van der Waals surface area contributed by atoms with Crippen LogP contribution < -0.4 is 4.74 Å². The van der Waals surface area contributed by atoms with Crippen LogP contribution >= 0.6 is 11.6 Å². The van der Waals surface area contributed by atoms with Crippen molar-refractivity contribution in [2.24, 2.45) is 0 Å². The molecule has 0 fully saturated rings. The molecule has 0 amide bonds. The van der Waals surface area contributed by atoms with E-state index in [9.17, 15) is 14.9 Å². The van der Waals surface area contributed by atoms with E-state index < -0.39 is 22.1 Å². The summed E-state index contributed by atoms with van der Waals surface area (Å²) in [7, 11) is 1.18. The predicted molar refractivity (Wildman–Crippen MR) is 51.6 cm³/mol. The van der Waals surface area contributed by atoms with Crippen LogP contribution in [0, 0.1) is 10.1 Å². The van der Waals surface area contributed by atoms with Gasteiger partial charge in [0.05, 0.1) is 17.1 Å². The number of nitro groups is 1. The predicted octanol–water partition coefficient (Wildman–Crippen LogP) is 1.96. The highest BCUT2D eigenvalue weighted by Crippen LogP contribution is 2.37. The van der Waals surface area contributed by atoms with E-state index in [2.05, 4.69) is 0 Å². The molecule has 0 aliphatic heterocycles. The lowest BCUT2D eigenvalue weighted by Crippen LogP contribution is -2.04. The highest BCUT2D eigenvalue weighted by molar-refractivity contribution is 6.32. The monoisotopic (exact) mass is 231 g/mol. The number of halogens is 1. The van der Waals surface area contributed by atoms with Gasteiger partial charge >= 0.3 is 11.7 Å². The smallest absolute Gasteiger partial charge is 0.342 e. The molecular formula is C8H6ClNO5. The number of hydrogen-bond acceptors (Lipinski definition) is 4. The third-order valence-electron chi connectivity index (χ3n) is 1.70. The Morgan fingerprint density at radius 2 is 2.20 bits per heavy atom. The second-order valence-corrected chi connectivity index (χ2v) is 2.95. The molecular weight excluding hydrogens is 226 g/mol. The summed E-state index contributed by atoms with van der Waals surface area (Å²) >= 11 is 5.63. The maximum absolute atomic E-state index is 10.7. The van der Waals surface area contributed by atoms with Crippen molar-refractivity contribution < 1.29 is 19.6 Å². The average Bonchev–Trinajstić information content (AvgIpc) is 2.16. The Balaban J connectivity index is 3.56. The number of methoxy groups -OCH3 is 1. The number of nitro benzene ring substituents is 1. The molecule has 0 spiro atoms. The summed E-state index contributed by atoms with van der Waals surface area (Å²) in [5, 5.41) is 19.4. The van der Waals surface area contributed by atoms with Gasteiger partial charge in [0.25, 0.3) is 0 Å². The number of carboxylic acids is 1. The SMILES string of the molecule is COc1c(Cl)ccc(C(=O)O)c1[N+](=O)[O-]. The first-order valence-corrected chi connectivity index (χ1v) is 4.11. The van der Waals surface area contributed by atoms with E-state index in [1.165, 1.54) is 13.2 Å². The maximum atomic E-state index is 10.7. The number of carbonyl (C=O) groups is 1. The Morgan fingerprint density at radius 3 is 2.60 bits per heavy atom. The fourth-order valence-electron chi connectivity index (χ4n) is 1.09. The van der Waals surface area contributed by atoms with Gasteiger partial charge < -0.3 is 9.84 Å². The normalized spacial score (nSPS) is 9.73. The van der Waals surface area contributed by atoms with E-state index >= 15 is 0 Å². The van der Waals surface area contributed by atoms with E-state index in [1.54, 1.807) is 0 Å². The van der Waals surface area contributed by atoms with Crippen molar-refractivity contribution in [3.8, 4) is 5.75 Å². The lowest BCUT2D eigenvalue weighted by molar-refractivity contribution is -0.386. The van der Waals surface area contributed by atoms with Crippen LogP contribution in [0.2, 0.25) is 5.02 Å². The first-order valence-electron chi connectivity index (χ1n) is 3.73. The van der Waals surface area contributed by atoms with E-state index in [0.29, 0.717) is 0 Å². The van der Waals surface area contributed by atoms with Crippen molar-refractivity contribution in [1.29, 1.82) is 0 Å². The molecule has 7 heteroatoms. The molecule has 1 aromatic carbocycles. The summed E-state index contributed by atoms with van der Waals surface area (Å²) in [6, 6.07) is 2.29. The van der Waals surface area contributed by atoms with Crippen LogP contribution in [-0.2, 0) is 0 Å². The minimum atomic E-state index is -1.41. The van der Waals surface area contributed by atoms with Crippen molar-refractivity contribution in [2.75, 3.05) is 7.11 Å². The van der Waals surface area contributed by atoms with Gasteiger partial charge in [0.2, 0.25) is 5.75 Å². The van der Waals surface area contributed by atoms with Crippen LogP contribution in [0.1, 0.15) is 10.4 Å². The number of hydrogen-bond donors (Lipinski definition) is 1. The lowest BCUT2D eigenvalue weighted by atomic mass is 10.1. The van der Waals surface area contributed by atoms with E-state index in [-0.39, 0.29) is 10.8 Å². The molecule has 1 rings (SSSR count). The summed E-state index contributed by atoms with van der Waals surface area (Å²) in [4.78, 5) is 20.5. The molecule has 0 atom stereocenters. The second kappa shape index (κ2) is 4.14. The molecule has 0 saturated heterocycles. The number of carboxylic acid groups (broad SMARTS) is 1. The summed E-state index contributed by atoms with van der Waals surface area (Å²) in [6.45, 7) is 0. The topological polar surface area (TPSA) is 89.7 Å². The minimum absolute atomic E-state index is 0.00537. The zero-order valence-corrected chi connectivity index (χ0v) is 8.32. The molecule has 0 aliphatic carbocycles. The molecule has 0 unspecified atom stereocenters. The van der Waals surface area contributed by atoms with E-state index in [4.69, 9.17) is 21.4 Å². The number of benzene rings is 1. The summed E-state index contributed by atoms with van der Waals surface area (Å²) in [6.07, 6.45) is 0. The van der Waals surface area contributed by atoms with Crippen molar-refractivity contribution in [1.82, 2.24) is 0 Å². The Kier molecular flexibility index (Phi) is 3.11. The van der Waals surface area contributed by atoms with Gasteiger partial charge in [-0.3, -0.25) is 10.1 Å². The Hall–Kier alpha value is -1.82. The lowest BCUT2D eigenvalue weighted by Gasteiger charge is -2.05. The van der Waals surface area contributed by atoms with E-state index in [1.807, 2.05) is 0 Å². The number of rotatable bonds is 3. The number of ether oxygens (including phenoxy) is 1. The van der Waals surface area contributed by atoms with E-state index in [0.717, 1.165) is 6.07 Å². The molecule has 0 aromatic heterocycles. The summed E-state index contributed by atoms with van der Waals surface area (Å²) in [5.74, 6) is -1.65. The van der Waals surface area contributed by atoms with Gasteiger partial charge in [-0.05, 0) is 12.1 Å². The van der Waals surface area contributed by atoms with Crippen molar-refractivity contribution in [3.63, 3.8) is 0 Å². The average molecular weight is 232 g/mol. The van der Waals surface area contributed by atoms with Gasteiger partial charge in [0.1, 0.15) is 5.56 Å². The number of aromatic carboxylic acids is 1. The molecule has 15 heavy (non-hydrogen) atoms. The third kappa shape index (κ3) is 1.99. The van der Waals surface area contributed by atoms with Crippen molar-refractivity contribution >= 4 is 23.3 Å². The first-order chi connectivity index (χ1) is 6.99. The highest BCUT2D eigenvalue weighted by Gasteiger charge is 2.27. The van der Waals surface area contributed by atoms with Gasteiger partial charge in [-0.15, -0.1) is 0 Å². The Bertz CT molecular complexity index is 431. The Morgan fingerprint density at radius 1 is 1.60 bits per heavy atom. The second-order valence-electron chi connectivity index (χ2n) is 2.54. The molecule has 0 heterocycles. The standard InChI is InChI=1S/C8H6ClNO5/c1-15-7-5(9)3-2-4(8(11)12)6(7)10(13)14/h2-3H,1H3,(H,11,12). The number of nitrogens with zero attached hydrogens (tertiary/aromatic N) is 1. The van der Waals surface area contributed by atoms with Gasteiger partial charge in [-0.1, -0.05) is 11.6 Å². The fraction of sp³-hybridized carbons (Fsp3) is 0.125. The summed E-state index contributed by atoms with van der Waals surface area (Å²) < 4.78 is 4.69. The van der Waals surface area contributed by atoms with Crippen molar-refractivity contribution in [2.45, 2.75) is 0 Å². The summed E-state index contributed by atoms with van der Waals surface area (Å²) in [5.41, 5.74) is -1.10. The van der Waals surface area contributed by atoms with Crippen LogP contribution in [-0.4, -0.2) is 23.1 Å².